The average Bonchev–Trinajstić information content (AvgIpc) is 2.61. The van der Waals surface area contributed by atoms with E-state index in [1.165, 1.54) is 11.3 Å². The molecular weight excluding hydrogens is 224 g/mol. The molecule has 0 saturated heterocycles. The van der Waals surface area contributed by atoms with Crippen molar-refractivity contribution in [2.45, 2.75) is 39.0 Å². The van der Waals surface area contributed by atoms with Gasteiger partial charge in [-0.1, -0.05) is 0 Å². The van der Waals surface area contributed by atoms with E-state index in [0.717, 1.165) is 4.88 Å². The number of aliphatic hydroxyl groups is 1. The SMILES string of the molecule is CC(O)CC(C)NCc1cc(C(N)=O)cs1. The molecule has 2 atom stereocenters. The van der Waals surface area contributed by atoms with Crippen LogP contribution < -0.4 is 11.1 Å². The maximum absolute atomic E-state index is 10.9. The predicted octanol–water partition coefficient (Wildman–Crippen LogP) is 1.10. The Hall–Kier alpha value is -0.910. The molecular formula is C11H18N2O2S. The molecule has 1 amide bonds. The van der Waals surface area contributed by atoms with Gasteiger partial charge in [-0.3, -0.25) is 4.79 Å². The minimum absolute atomic E-state index is 0.249. The number of aliphatic hydroxyl groups excluding tert-OH is 1. The van der Waals surface area contributed by atoms with Crippen molar-refractivity contribution in [2.75, 3.05) is 0 Å². The molecule has 0 fully saturated rings. The van der Waals surface area contributed by atoms with Crippen LogP contribution in [0.1, 0.15) is 35.5 Å². The van der Waals surface area contributed by atoms with Crippen LogP contribution in [0.4, 0.5) is 0 Å². The summed E-state index contributed by atoms with van der Waals surface area (Å²) in [6, 6.07) is 2.05. The predicted molar refractivity (Wildman–Crippen MR) is 65.4 cm³/mol. The van der Waals surface area contributed by atoms with Gasteiger partial charge in [-0.2, -0.15) is 0 Å². The molecule has 1 aromatic heterocycles. The van der Waals surface area contributed by atoms with E-state index in [2.05, 4.69) is 5.32 Å². The highest BCUT2D eigenvalue weighted by molar-refractivity contribution is 7.10. The molecule has 0 spiro atoms. The minimum atomic E-state index is -0.389. The number of primary amides is 1. The number of thiophene rings is 1. The molecule has 0 aliphatic carbocycles. The summed E-state index contributed by atoms with van der Waals surface area (Å²) < 4.78 is 0. The monoisotopic (exact) mass is 242 g/mol. The molecule has 0 radical (unpaired) electrons. The van der Waals surface area contributed by atoms with Gasteiger partial charge in [-0.15, -0.1) is 11.3 Å². The highest BCUT2D eigenvalue weighted by atomic mass is 32.1. The molecule has 0 aliphatic heterocycles. The number of hydrogen-bond donors (Lipinski definition) is 3. The molecule has 1 aromatic rings. The summed E-state index contributed by atoms with van der Waals surface area (Å²) in [4.78, 5) is 11.9. The molecule has 0 aromatic carbocycles. The molecule has 1 rings (SSSR count). The van der Waals surface area contributed by atoms with Gasteiger partial charge in [0.1, 0.15) is 0 Å². The third-order valence-electron chi connectivity index (χ3n) is 2.26. The molecule has 4 N–H and O–H groups in total. The second kappa shape index (κ2) is 5.98. The van der Waals surface area contributed by atoms with Gasteiger partial charge in [0, 0.05) is 22.8 Å². The fourth-order valence-electron chi connectivity index (χ4n) is 1.47. The van der Waals surface area contributed by atoms with E-state index in [1.54, 1.807) is 18.4 Å². The van der Waals surface area contributed by atoms with Gasteiger partial charge in [0.25, 0.3) is 0 Å². The van der Waals surface area contributed by atoms with Crippen LogP contribution in [0.2, 0.25) is 0 Å². The molecule has 0 bridgehead atoms. The first-order chi connectivity index (χ1) is 7.49. The van der Waals surface area contributed by atoms with E-state index < -0.39 is 0 Å². The number of amides is 1. The second-order valence-corrected chi connectivity index (χ2v) is 5.03. The van der Waals surface area contributed by atoms with Crippen molar-refractivity contribution in [3.05, 3.63) is 21.9 Å². The maximum Gasteiger partial charge on any atom is 0.249 e. The molecule has 90 valence electrons. The van der Waals surface area contributed by atoms with Crippen LogP contribution >= 0.6 is 11.3 Å². The standard InChI is InChI=1S/C11H18N2O2S/c1-7(3-8(2)14)13-5-10-4-9(6-16-10)11(12)15/h4,6-8,13-14H,3,5H2,1-2H3,(H2,12,15). The Morgan fingerprint density at radius 1 is 1.62 bits per heavy atom. The number of carbonyl (C=O) groups is 1. The van der Waals surface area contributed by atoms with E-state index in [9.17, 15) is 9.90 Å². The number of carbonyl (C=O) groups excluding carboxylic acids is 1. The average molecular weight is 242 g/mol. The van der Waals surface area contributed by atoms with Gasteiger partial charge in [-0.05, 0) is 26.3 Å². The van der Waals surface area contributed by atoms with E-state index in [0.29, 0.717) is 18.5 Å². The lowest BCUT2D eigenvalue weighted by molar-refractivity contribution is 0.100. The molecule has 4 nitrogen and oxygen atoms in total. The van der Waals surface area contributed by atoms with Crippen LogP contribution in [0, 0.1) is 0 Å². The maximum atomic E-state index is 10.9. The summed E-state index contributed by atoms with van der Waals surface area (Å²) in [6.07, 6.45) is 0.417. The third kappa shape index (κ3) is 4.30. The van der Waals surface area contributed by atoms with E-state index >= 15 is 0 Å². The van der Waals surface area contributed by atoms with Gasteiger partial charge in [0.05, 0.1) is 11.7 Å². The van der Waals surface area contributed by atoms with Crippen molar-refractivity contribution >= 4 is 17.2 Å². The minimum Gasteiger partial charge on any atom is -0.393 e. The Morgan fingerprint density at radius 2 is 2.31 bits per heavy atom. The molecule has 5 heteroatoms. The highest BCUT2D eigenvalue weighted by Gasteiger charge is 2.08. The molecule has 1 heterocycles. The summed E-state index contributed by atoms with van der Waals surface area (Å²) in [5.74, 6) is -0.389. The van der Waals surface area contributed by atoms with Crippen LogP contribution in [-0.4, -0.2) is 23.2 Å². The zero-order chi connectivity index (χ0) is 12.1. The topological polar surface area (TPSA) is 75.3 Å². The van der Waals surface area contributed by atoms with Crippen molar-refractivity contribution in [3.63, 3.8) is 0 Å². The second-order valence-electron chi connectivity index (χ2n) is 4.03. The Morgan fingerprint density at radius 3 is 2.81 bits per heavy atom. The molecule has 0 saturated carbocycles. The van der Waals surface area contributed by atoms with Crippen LogP contribution in [0.15, 0.2) is 11.4 Å². The zero-order valence-electron chi connectivity index (χ0n) is 9.56. The van der Waals surface area contributed by atoms with Crippen LogP contribution in [0.3, 0.4) is 0 Å². The first-order valence-corrected chi connectivity index (χ1v) is 6.15. The fraction of sp³-hybridized carbons (Fsp3) is 0.545. The normalized spacial score (nSPS) is 14.7. The first-order valence-electron chi connectivity index (χ1n) is 5.27. The quantitative estimate of drug-likeness (QED) is 0.699. The van der Waals surface area contributed by atoms with Crippen molar-refractivity contribution in [1.29, 1.82) is 0 Å². The summed E-state index contributed by atoms with van der Waals surface area (Å²) >= 11 is 1.51. The molecule has 16 heavy (non-hydrogen) atoms. The summed E-state index contributed by atoms with van der Waals surface area (Å²) in [5.41, 5.74) is 5.72. The van der Waals surface area contributed by atoms with Gasteiger partial charge in [0.15, 0.2) is 0 Å². The van der Waals surface area contributed by atoms with E-state index in [1.807, 2.05) is 6.92 Å². The van der Waals surface area contributed by atoms with Gasteiger partial charge in [0.2, 0.25) is 5.91 Å². The number of rotatable bonds is 6. The van der Waals surface area contributed by atoms with Crippen molar-refractivity contribution in [2.24, 2.45) is 5.73 Å². The van der Waals surface area contributed by atoms with Crippen LogP contribution in [0.25, 0.3) is 0 Å². The number of nitrogens with one attached hydrogen (secondary N) is 1. The van der Waals surface area contributed by atoms with Gasteiger partial charge in [-0.25, -0.2) is 0 Å². The first kappa shape index (κ1) is 13.2. The van der Waals surface area contributed by atoms with Crippen molar-refractivity contribution < 1.29 is 9.90 Å². The zero-order valence-corrected chi connectivity index (χ0v) is 10.4. The van der Waals surface area contributed by atoms with Crippen molar-refractivity contribution in [3.8, 4) is 0 Å². The molecule has 0 aliphatic rings. The lowest BCUT2D eigenvalue weighted by Gasteiger charge is -2.14. The van der Waals surface area contributed by atoms with Crippen LogP contribution in [0.5, 0.6) is 0 Å². The van der Waals surface area contributed by atoms with Crippen molar-refractivity contribution in [1.82, 2.24) is 5.32 Å². The van der Waals surface area contributed by atoms with E-state index in [4.69, 9.17) is 5.73 Å². The number of hydrogen-bond acceptors (Lipinski definition) is 4. The lowest BCUT2D eigenvalue weighted by Crippen LogP contribution is -2.28. The Balaban J connectivity index is 2.39. The smallest absolute Gasteiger partial charge is 0.249 e. The largest absolute Gasteiger partial charge is 0.393 e. The number of nitrogens with two attached hydrogens (primary N) is 1. The third-order valence-corrected chi connectivity index (χ3v) is 3.19. The Kier molecular flexibility index (Phi) is 4.92. The van der Waals surface area contributed by atoms with Gasteiger partial charge < -0.3 is 16.2 Å². The summed E-state index contributed by atoms with van der Waals surface area (Å²) in [7, 11) is 0. The van der Waals surface area contributed by atoms with Gasteiger partial charge >= 0.3 is 0 Å². The van der Waals surface area contributed by atoms with E-state index in [-0.39, 0.29) is 18.1 Å². The summed E-state index contributed by atoms with van der Waals surface area (Å²) in [6.45, 7) is 4.50. The Bertz CT molecular complexity index is 350. The highest BCUT2D eigenvalue weighted by Crippen LogP contribution is 2.14. The fourth-order valence-corrected chi connectivity index (χ4v) is 2.30. The molecule has 2 unspecified atom stereocenters. The Labute approximate surface area is 99.5 Å². The van der Waals surface area contributed by atoms with Crippen LogP contribution in [-0.2, 0) is 6.54 Å². The summed E-state index contributed by atoms with van der Waals surface area (Å²) in [5, 5.41) is 14.2. The lowest BCUT2D eigenvalue weighted by atomic mass is 10.1.